The number of phenolic OH excluding ortho intramolecular Hbond substituents is 1. The monoisotopic (exact) mass is 245 g/mol. The number of nitrogen functional groups attached to an aromatic ring is 1. The van der Waals surface area contributed by atoms with Crippen LogP contribution in [0.3, 0.4) is 0 Å². The van der Waals surface area contributed by atoms with Gasteiger partial charge in [-0.2, -0.15) is 0 Å². The van der Waals surface area contributed by atoms with E-state index in [1.807, 2.05) is 24.3 Å². The van der Waals surface area contributed by atoms with Crippen molar-refractivity contribution in [2.45, 2.75) is 6.61 Å². The second kappa shape index (κ2) is 5.31. The molecular weight excluding hydrogens is 230 g/mol. The first kappa shape index (κ1) is 12.1. The summed E-state index contributed by atoms with van der Waals surface area (Å²) in [5.41, 5.74) is 6.76. The molecule has 0 aliphatic heterocycles. The molecule has 94 valence electrons. The molecule has 2 rings (SSSR count). The molecule has 0 heterocycles. The lowest BCUT2D eigenvalue weighted by atomic mass is 10.2. The number of benzene rings is 2. The molecule has 0 spiro atoms. The first-order valence-electron chi connectivity index (χ1n) is 5.54. The van der Waals surface area contributed by atoms with Gasteiger partial charge in [-0.1, -0.05) is 12.1 Å². The molecule has 0 fully saturated rings. The average molecular weight is 245 g/mol. The molecule has 0 aliphatic rings. The Morgan fingerprint density at radius 3 is 2.50 bits per heavy atom. The molecule has 3 N–H and O–H groups in total. The van der Waals surface area contributed by atoms with Crippen molar-refractivity contribution in [1.82, 2.24) is 0 Å². The summed E-state index contributed by atoms with van der Waals surface area (Å²) in [5.74, 6) is 1.42. The minimum Gasteiger partial charge on any atom is -0.507 e. The molecule has 2 aromatic rings. The minimum absolute atomic E-state index is 0.130. The Balaban J connectivity index is 2.11. The lowest BCUT2D eigenvalue weighted by Gasteiger charge is -2.11. The second-order valence-electron chi connectivity index (χ2n) is 3.83. The molecule has 0 saturated carbocycles. The van der Waals surface area contributed by atoms with E-state index >= 15 is 0 Å². The third kappa shape index (κ3) is 2.66. The van der Waals surface area contributed by atoms with Gasteiger partial charge in [0, 0.05) is 17.3 Å². The zero-order valence-corrected chi connectivity index (χ0v) is 10.1. The fourth-order valence-corrected chi connectivity index (χ4v) is 1.60. The number of hydrogen-bond donors (Lipinski definition) is 2. The topological polar surface area (TPSA) is 64.7 Å². The number of nitrogens with two attached hydrogens (primary N) is 1. The van der Waals surface area contributed by atoms with Crippen molar-refractivity contribution < 1.29 is 14.6 Å². The summed E-state index contributed by atoms with van der Waals surface area (Å²) in [6.45, 7) is 0.256. The quantitative estimate of drug-likeness (QED) is 0.812. The Bertz CT molecular complexity index is 540. The van der Waals surface area contributed by atoms with Crippen molar-refractivity contribution in [2.75, 3.05) is 12.8 Å². The summed E-state index contributed by atoms with van der Waals surface area (Å²) in [6.07, 6.45) is 0. The van der Waals surface area contributed by atoms with Crippen LogP contribution in [-0.2, 0) is 6.61 Å². The number of para-hydroxylation sites is 2. The van der Waals surface area contributed by atoms with Gasteiger partial charge in [-0.3, -0.25) is 0 Å². The van der Waals surface area contributed by atoms with Crippen molar-refractivity contribution in [3.05, 3.63) is 48.0 Å². The van der Waals surface area contributed by atoms with Gasteiger partial charge in [-0.25, -0.2) is 0 Å². The van der Waals surface area contributed by atoms with Crippen molar-refractivity contribution in [1.29, 1.82) is 0 Å². The lowest BCUT2D eigenvalue weighted by Crippen LogP contribution is -1.98. The van der Waals surface area contributed by atoms with Crippen LogP contribution in [0.4, 0.5) is 5.69 Å². The molecule has 0 aromatic heterocycles. The van der Waals surface area contributed by atoms with Crippen molar-refractivity contribution in [2.24, 2.45) is 0 Å². The standard InChI is InChI=1S/C14H15NO3/c1-17-13-4-2-3-5-14(13)18-9-10-6-7-11(15)8-12(10)16/h2-8,16H,9,15H2,1H3. The first-order chi connectivity index (χ1) is 8.70. The summed E-state index contributed by atoms with van der Waals surface area (Å²) in [7, 11) is 1.59. The summed E-state index contributed by atoms with van der Waals surface area (Å²) < 4.78 is 10.8. The van der Waals surface area contributed by atoms with E-state index in [4.69, 9.17) is 15.2 Å². The van der Waals surface area contributed by atoms with E-state index in [0.717, 1.165) is 0 Å². The SMILES string of the molecule is COc1ccccc1OCc1ccc(N)cc1O. The Kier molecular flexibility index (Phi) is 3.57. The van der Waals surface area contributed by atoms with Gasteiger partial charge >= 0.3 is 0 Å². The van der Waals surface area contributed by atoms with Crippen LogP contribution in [0, 0.1) is 0 Å². The number of aromatic hydroxyl groups is 1. The van der Waals surface area contributed by atoms with Crippen molar-refractivity contribution in [3.63, 3.8) is 0 Å². The summed E-state index contributed by atoms with van der Waals surface area (Å²) in [6, 6.07) is 12.3. The van der Waals surface area contributed by atoms with E-state index in [0.29, 0.717) is 22.7 Å². The van der Waals surface area contributed by atoms with Crippen LogP contribution in [0.1, 0.15) is 5.56 Å². The maximum Gasteiger partial charge on any atom is 0.161 e. The number of hydrogen-bond acceptors (Lipinski definition) is 4. The largest absolute Gasteiger partial charge is 0.507 e. The van der Waals surface area contributed by atoms with E-state index in [9.17, 15) is 5.11 Å². The highest BCUT2D eigenvalue weighted by Gasteiger charge is 2.06. The van der Waals surface area contributed by atoms with E-state index in [2.05, 4.69) is 0 Å². The fraction of sp³-hybridized carbons (Fsp3) is 0.143. The Morgan fingerprint density at radius 1 is 1.11 bits per heavy atom. The highest BCUT2D eigenvalue weighted by molar-refractivity contribution is 5.48. The fourth-order valence-electron chi connectivity index (χ4n) is 1.60. The van der Waals surface area contributed by atoms with Crippen LogP contribution in [0.25, 0.3) is 0 Å². The maximum atomic E-state index is 9.70. The van der Waals surface area contributed by atoms with E-state index in [1.165, 1.54) is 6.07 Å². The Hall–Kier alpha value is -2.36. The summed E-state index contributed by atoms with van der Waals surface area (Å²) in [4.78, 5) is 0. The highest BCUT2D eigenvalue weighted by atomic mass is 16.5. The van der Waals surface area contributed by atoms with Crippen molar-refractivity contribution in [3.8, 4) is 17.2 Å². The number of methoxy groups -OCH3 is 1. The zero-order chi connectivity index (χ0) is 13.0. The third-order valence-corrected chi connectivity index (χ3v) is 2.56. The number of phenols is 1. The van der Waals surface area contributed by atoms with Gasteiger partial charge in [0.25, 0.3) is 0 Å². The Labute approximate surface area is 106 Å². The highest BCUT2D eigenvalue weighted by Crippen LogP contribution is 2.28. The maximum absolute atomic E-state index is 9.70. The second-order valence-corrected chi connectivity index (χ2v) is 3.83. The van der Waals surface area contributed by atoms with Gasteiger partial charge in [0.05, 0.1) is 7.11 Å². The zero-order valence-electron chi connectivity index (χ0n) is 10.1. The van der Waals surface area contributed by atoms with E-state index < -0.39 is 0 Å². The molecule has 0 amide bonds. The van der Waals surface area contributed by atoms with Gasteiger partial charge in [-0.15, -0.1) is 0 Å². The molecule has 0 bridgehead atoms. The number of anilines is 1. The minimum atomic E-state index is 0.130. The van der Waals surface area contributed by atoms with Crippen molar-refractivity contribution >= 4 is 5.69 Å². The molecule has 0 atom stereocenters. The van der Waals surface area contributed by atoms with Gasteiger partial charge in [0.15, 0.2) is 11.5 Å². The molecule has 0 radical (unpaired) electrons. The van der Waals surface area contributed by atoms with Gasteiger partial charge in [-0.05, 0) is 24.3 Å². The lowest BCUT2D eigenvalue weighted by molar-refractivity contribution is 0.279. The number of rotatable bonds is 4. The predicted octanol–water partition coefficient (Wildman–Crippen LogP) is 2.56. The third-order valence-electron chi connectivity index (χ3n) is 2.56. The van der Waals surface area contributed by atoms with Crippen LogP contribution in [0.5, 0.6) is 17.2 Å². The van der Waals surface area contributed by atoms with Crippen LogP contribution in [-0.4, -0.2) is 12.2 Å². The molecule has 4 nitrogen and oxygen atoms in total. The van der Waals surface area contributed by atoms with Crippen LogP contribution < -0.4 is 15.2 Å². The Morgan fingerprint density at radius 2 is 1.83 bits per heavy atom. The molecule has 0 aliphatic carbocycles. The van der Waals surface area contributed by atoms with Gasteiger partial charge in [0.2, 0.25) is 0 Å². The summed E-state index contributed by atoms with van der Waals surface area (Å²) >= 11 is 0. The average Bonchev–Trinajstić information content (AvgIpc) is 2.38. The molecule has 4 heteroatoms. The molecule has 0 unspecified atom stereocenters. The summed E-state index contributed by atoms with van der Waals surface area (Å²) in [5, 5.41) is 9.70. The smallest absolute Gasteiger partial charge is 0.161 e. The van der Waals surface area contributed by atoms with Crippen LogP contribution >= 0.6 is 0 Å². The number of ether oxygens (including phenoxy) is 2. The van der Waals surface area contributed by atoms with Crippen LogP contribution in [0.2, 0.25) is 0 Å². The normalized spacial score (nSPS) is 10.1. The molecule has 18 heavy (non-hydrogen) atoms. The first-order valence-corrected chi connectivity index (χ1v) is 5.54. The molecular formula is C14H15NO3. The van der Waals surface area contributed by atoms with E-state index in [-0.39, 0.29) is 12.4 Å². The van der Waals surface area contributed by atoms with Gasteiger partial charge < -0.3 is 20.3 Å². The van der Waals surface area contributed by atoms with Gasteiger partial charge in [0.1, 0.15) is 12.4 Å². The van der Waals surface area contributed by atoms with E-state index in [1.54, 1.807) is 19.2 Å². The predicted molar refractivity (Wildman–Crippen MR) is 69.8 cm³/mol. The molecule has 0 saturated heterocycles. The van der Waals surface area contributed by atoms with Crippen LogP contribution in [0.15, 0.2) is 42.5 Å². The molecule has 2 aromatic carbocycles.